The van der Waals surface area contributed by atoms with E-state index in [1.165, 1.54) is 11.3 Å². The third kappa shape index (κ3) is 5.24. The van der Waals surface area contributed by atoms with Crippen LogP contribution in [0.4, 0.5) is 0 Å². The van der Waals surface area contributed by atoms with E-state index in [2.05, 4.69) is 13.8 Å². The van der Waals surface area contributed by atoms with Gasteiger partial charge in [0.25, 0.3) is 5.56 Å². The SMILES string of the molecule is CCOC(=O)C1=C(c2ccccc2)N=c2s/c(=C\c3cccc(Cl)c3Cl)c(=O)n2[C@@H]1c1ccc(C(C)C)cc1. The molecule has 1 aliphatic rings. The predicted molar refractivity (Wildman–Crippen MR) is 158 cm³/mol. The molecule has 1 aromatic heterocycles. The highest BCUT2D eigenvalue weighted by Gasteiger charge is 2.35. The van der Waals surface area contributed by atoms with Gasteiger partial charge in [-0.3, -0.25) is 9.36 Å². The zero-order valence-electron chi connectivity index (χ0n) is 21.7. The number of hydrogen-bond acceptors (Lipinski definition) is 5. The Morgan fingerprint density at radius 2 is 1.77 bits per heavy atom. The molecule has 4 aromatic rings. The van der Waals surface area contributed by atoms with Crippen LogP contribution in [0.2, 0.25) is 10.0 Å². The van der Waals surface area contributed by atoms with Gasteiger partial charge in [0.2, 0.25) is 0 Å². The lowest BCUT2D eigenvalue weighted by atomic mass is 9.91. The minimum atomic E-state index is -0.728. The Labute approximate surface area is 240 Å². The minimum Gasteiger partial charge on any atom is -0.463 e. The van der Waals surface area contributed by atoms with Crippen molar-refractivity contribution in [1.82, 2.24) is 4.57 Å². The molecule has 0 aliphatic carbocycles. The molecule has 5 nitrogen and oxygen atoms in total. The van der Waals surface area contributed by atoms with Crippen LogP contribution in [-0.2, 0) is 9.53 Å². The number of thiazole rings is 1. The van der Waals surface area contributed by atoms with Gasteiger partial charge in [0.15, 0.2) is 4.80 Å². The lowest BCUT2D eigenvalue weighted by molar-refractivity contribution is -0.138. The summed E-state index contributed by atoms with van der Waals surface area (Å²) in [7, 11) is 0. The summed E-state index contributed by atoms with van der Waals surface area (Å²) in [6.07, 6.45) is 1.72. The van der Waals surface area contributed by atoms with E-state index in [4.69, 9.17) is 32.9 Å². The fourth-order valence-corrected chi connectivity index (χ4v) is 5.95. The van der Waals surface area contributed by atoms with Crippen molar-refractivity contribution in [2.75, 3.05) is 6.61 Å². The molecule has 1 aliphatic heterocycles. The van der Waals surface area contributed by atoms with Crippen molar-refractivity contribution in [3.05, 3.63) is 130 Å². The van der Waals surface area contributed by atoms with Crippen LogP contribution in [0.1, 0.15) is 55.0 Å². The third-order valence-corrected chi connectivity index (χ3v) is 8.38. The molecule has 39 heavy (non-hydrogen) atoms. The lowest BCUT2D eigenvalue weighted by Gasteiger charge is -2.26. The Morgan fingerprint density at radius 3 is 2.44 bits per heavy atom. The smallest absolute Gasteiger partial charge is 0.338 e. The number of hydrogen-bond donors (Lipinski definition) is 0. The monoisotopic (exact) mass is 576 g/mol. The Bertz CT molecular complexity index is 1750. The number of carbonyl (C=O) groups is 1. The van der Waals surface area contributed by atoms with E-state index in [1.54, 1.807) is 35.8 Å². The zero-order chi connectivity index (χ0) is 27.7. The number of carbonyl (C=O) groups excluding carboxylic acids is 1. The number of benzene rings is 3. The molecule has 0 spiro atoms. The van der Waals surface area contributed by atoms with E-state index < -0.39 is 12.0 Å². The quantitative estimate of drug-likeness (QED) is 0.251. The third-order valence-electron chi connectivity index (χ3n) is 6.56. The Morgan fingerprint density at radius 1 is 1.05 bits per heavy atom. The van der Waals surface area contributed by atoms with Gasteiger partial charge < -0.3 is 4.74 Å². The first-order chi connectivity index (χ1) is 18.8. The fraction of sp³-hybridized carbons (Fsp3) is 0.194. The molecular formula is C31H26Cl2N2O3S. The highest BCUT2D eigenvalue weighted by molar-refractivity contribution is 7.07. The number of ether oxygens (including phenoxy) is 1. The topological polar surface area (TPSA) is 60.7 Å². The molecule has 0 N–H and O–H groups in total. The van der Waals surface area contributed by atoms with Gasteiger partial charge in [0.05, 0.1) is 38.5 Å². The van der Waals surface area contributed by atoms with Crippen LogP contribution in [0, 0.1) is 0 Å². The second-order valence-corrected chi connectivity index (χ2v) is 11.2. The van der Waals surface area contributed by atoms with Crippen molar-refractivity contribution < 1.29 is 9.53 Å². The van der Waals surface area contributed by atoms with Crippen molar-refractivity contribution >= 4 is 52.3 Å². The number of aromatic nitrogens is 1. The average molecular weight is 578 g/mol. The maximum atomic E-state index is 14.0. The molecule has 0 amide bonds. The average Bonchev–Trinajstić information content (AvgIpc) is 3.25. The van der Waals surface area contributed by atoms with Crippen molar-refractivity contribution in [2.45, 2.75) is 32.7 Å². The summed E-state index contributed by atoms with van der Waals surface area (Å²) in [4.78, 5) is 32.9. The fourth-order valence-electron chi connectivity index (χ4n) is 4.59. The van der Waals surface area contributed by atoms with Gasteiger partial charge in [-0.2, -0.15) is 0 Å². The molecule has 1 atom stereocenters. The van der Waals surface area contributed by atoms with Crippen LogP contribution in [0.5, 0.6) is 0 Å². The second kappa shape index (κ2) is 11.3. The highest BCUT2D eigenvalue weighted by atomic mass is 35.5. The van der Waals surface area contributed by atoms with Gasteiger partial charge in [-0.1, -0.05) is 115 Å². The summed E-state index contributed by atoms with van der Waals surface area (Å²) in [5.41, 5.74) is 3.87. The standard InChI is InChI=1S/C31H26Cl2N2O3S/c1-4-38-30(37)25-27(20-9-6-5-7-10-20)34-31-35(28(25)21-15-13-19(14-16-21)18(2)3)29(36)24(39-31)17-22-11-8-12-23(32)26(22)33/h5-18,28H,4H2,1-3H3/b24-17-/t28-/m1/s1. The number of esters is 1. The van der Waals surface area contributed by atoms with E-state index >= 15 is 0 Å². The Hall–Kier alpha value is -3.45. The predicted octanol–water partition coefficient (Wildman–Crippen LogP) is 6.37. The Kier molecular flexibility index (Phi) is 7.89. The van der Waals surface area contributed by atoms with Gasteiger partial charge >= 0.3 is 5.97 Å². The molecular weight excluding hydrogens is 551 g/mol. The molecule has 5 rings (SSSR count). The summed E-state index contributed by atoms with van der Waals surface area (Å²) >= 11 is 13.9. The lowest BCUT2D eigenvalue weighted by Crippen LogP contribution is -2.40. The first-order valence-corrected chi connectivity index (χ1v) is 14.2. The molecule has 0 saturated heterocycles. The molecule has 2 heterocycles. The molecule has 0 unspecified atom stereocenters. The first-order valence-electron chi connectivity index (χ1n) is 12.6. The van der Waals surface area contributed by atoms with Gasteiger partial charge in [0.1, 0.15) is 0 Å². The summed E-state index contributed by atoms with van der Waals surface area (Å²) in [6.45, 7) is 6.20. The normalized spacial score (nSPS) is 15.3. The van der Waals surface area contributed by atoms with Gasteiger partial charge in [-0.25, -0.2) is 9.79 Å². The number of fused-ring (bicyclic) bond motifs is 1. The molecule has 3 aromatic carbocycles. The van der Waals surface area contributed by atoms with Crippen LogP contribution in [0.25, 0.3) is 11.8 Å². The van der Waals surface area contributed by atoms with Crippen LogP contribution in [-0.4, -0.2) is 17.1 Å². The van der Waals surface area contributed by atoms with Crippen LogP contribution in [0.15, 0.2) is 88.2 Å². The molecule has 0 saturated carbocycles. The van der Waals surface area contributed by atoms with Gasteiger partial charge in [-0.05, 0) is 41.7 Å². The van der Waals surface area contributed by atoms with Crippen LogP contribution >= 0.6 is 34.5 Å². The van der Waals surface area contributed by atoms with E-state index in [-0.39, 0.29) is 12.2 Å². The second-order valence-electron chi connectivity index (χ2n) is 9.40. The van der Waals surface area contributed by atoms with Gasteiger partial charge in [-0.15, -0.1) is 0 Å². The molecule has 0 bridgehead atoms. The van der Waals surface area contributed by atoms with Crippen molar-refractivity contribution in [2.24, 2.45) is 4.99 Å². The summed E-state index contributed by atoms with van der Waals surface area (Å²) in [5, 5.41) is 0.764. The van der Waals surface area contributed by atoms with Crippen molar-refractivity contribution in [3.8, 4) is 0 Å². The van der Waals surface area contributed by atoms with Crippen molar-refractivity contribution in [3.63, 3.8) is 0 Å². The van der Waals surface area contributed by atoms with E-state index in [1.807, 2.05) is 54.6 Å². The van der Waals surface area contributed by atoms with E-state index in [0.717, 1.165) is 16.7 Å². The Balaban J connectivity index is 1.83. The number of rotatable bonds is 6. The molecule has 0 fully saturated rings. The minimum absolute atomic E-state index is 0.196. The van der Waals surface area contributed by atoms with Crippen molar-refractivity contribution in [1.29, 1.82) is 0 Å². The van der Waals surface area contributed by atoms with Crippen LogP contribution < -0.4 is 14.9 Å². The van der Waals surface area contributed by atoms with Gasteiger partial charge in [0, 0.05) is 5.56 Å². The zero-order valence-corrected chi connectivity index (χ0v) is 24.0. The number of halogens is 2. The molecule has 198 valence electrons. The number of nitrogens with zero attached hydrogens (tertiary/aromatic N) is 2. The maximum Gasteiger partial charge on any atom is 0.338 e. The molecule has 0 radical (unpaired) electrons. The maximum absolute atomic E-state index is 14.0. The van der Waals surface area contributed by atoms with E-state index in [0.29, 0.717) is 42.1 Å². The summed E-state index contributed by atoms with van der Waals surface area (Å²) in [6, 6.07) is 22.0. The summed E-state index contributed by atoms with van der Waals surface area (Å²) in [5.74, 6) is -0.173. The summed E-state index contributed by atoms with van der Waals surface area (Å²) < 4.78 is 7.54. The molecule has 8 heteroatoms. The first kappa shape index (κ1) is 27.1. The van der Waals surface area contributed by atoms with E-state index in [9.17, 15) is 9.59 Å². The van der Waals surface area contributed by atoms with Crippen LogP contribution in [0.3, 0.4) is 0 Å². The largest absolute Gasteiger partial charge is 0.463 e. The highest BCUT2D eigenvalue weighted by Crippen LogP contribution is 2.35.